The first-order chi connectivity index (χ1) is 8.90. The Kier molecular flexibility index (Phi) is 3.85. The van der Waals surface area contributed by atoms with E-state index in [1.54, 1.807) is 19.1 Å². The first-order valence-corrected chi connectivity index (χ1v) is 6.75. The van der Waals surface area contributed by atoms with Gasteiger partial charge in [0.15, 0.2) is 0 Å². The average Bonchev–Trinajstić information content (AvgIpc) is 2.35. The fraction of sp³-hybridized carbons (Fsp3) is 0.286. The zero-order valence-electron chi connectivity index (χ0n) is 10.9. The van der Waals surface area contributed by atoms with Crippen LogP contribution in [0.25, 0.3) is 11.4 Å². The van der Waals surface area contributed by atoms with Crippen molar-refractivity contribution >= 4 is 15.9 Å². The minimum absolute atomic E-state index is 0.103. The molecule has 1 N–H and O–H groups in total. The van der Waals surface area contributed by atoms with Crippen molar-refractivity contribution in [2.75, 3.05) is 0 Å². The van der Waals surface area contributed by atoms with Gasteiger partial charge in [0.05, 0.1) is 5.69 Å². The quantitative estimate of drug-likeness (QED) is 0.913. The van der Waals surface area contributed by atoms with E-state index in [2.05, 4.69) is 25.9 Å². The number of hydrogen-bond acceptors (Lipinski definition) is 2. The van der Waals surface area contributed by atoms with Crippen LogP contribution in [-0.2, 0) is 0 Å². The van der Waals surface area contributed by atoms with Gasteiger partial charge < -0.3 is 4.98 Å². The Morgan fingerprint density at radius 3 is 2.63 bits per heavy atom. The summed E-state index contributed by atoms with van der Waals surface area (Å²) in [6.45, 7) is 5.59. The molecule has 100 valence electrons. The number of aryl methyl sites for hydroxylation is 1. The van der Waals surface area contributed by atoms with Crippen LogP contribution in [0.5, 0.6) is 0 Å². The molecule has 1 aromatic carbocycles. The number of nitrogens with zero attached hydrogens (tertiary/aromatic N) is 1. The molecule has 0 bridgehead atoms. The van der Waals surface area contributed by atoms with Crippen LogP contribution in [0.3, 0.4) is 0 Å². The molecule has 1 aromatic heterocycles. The molecule has 2 rings (SSSR count). The molecule has 0 unspecified atom stereocenters. The lowest BCUT2D eigenvalue weighted by molar-refractivity contribution is 0.619. The van der Waals surface area contributed by atoms with Crippen molar-refractivity contribution in [3.05, 3.63) is 50.1 Å². The second-order valence-electron chi connectivity index (χ2n) is 4.73. The molecule has 0 spiro atoms. The largest absolute Gasteiger partial charge is 0.306 e. The summed E-state index contributed by atoms with van der Waals surface area (Å²) in [6.07, 6.45) is 0. The maximum absolute atomic E-state index is 13.6. The Morgan fingerprint density at radius 2 is 2.05 bits per heavy atom. The molecule has 0 atom stereocenters. The Hall–Kier alpha value is -1.49. The molecule has 3 nitrogen and oxygen atoms in total. The molecule has 5 heteroatoms. The molecule has 1 heterocycles. The van der Waals surface area contributed by atoms with Crippen molar-refractivity contribution in [2.45, 2.75) is 26.7 Å². The number of halogens is 2. The van der Waals surface area contributed by atoms with Crippen LogP contribution in [0.1, 0.15) is 31.0 Å². The lowest BCUT2D eigenvalue weighted by Crippen LogP contribution is -2.14. The number of aromatic amines is 1. The summed E-state index contributed by atoms with van der Waals surface area (Å²) in [5.74, 6) is 0.177. The topological polar surface area (TPSA) is 45.8 Å². The summed E-state index contributed by atoms with van der Waals surface area (Å²) < 4.78 is 14.0. The predicted molar refractivity (Wildman–Crippen MR) is 76.8 cm³/mol. The van der Waals surface area contributed by atoms with E-state index in [0.717, 1.165) is 0 Å². The van der Waals surface area contributed by atoms with Gasteiger partial charge in [-0.1, -0.05) is 26.0 Å². The van der Waals surface area contributed by atoms with Crippen LogP contribution in [0.4, 0.5) is 4.39 Å². The van der Waals surface area contributed by atoms with E-state index in [-0.39, 0.29) is 17.3 Å². The third kappa shape index (κ3) is 2.76. The monoisotopic (exact) mass is 324 g/mol. The van der Waals surface area contributed by atoms with Gasteiger partial charge in [0.25, 0.3) is 5.56 Å². The van der Waals surface area contributed by atoms with Crippen LogP contribution in [0.2, 0.25) is 0 Å². The van der Waals surface area contributed by atoms with E-state index in [1.807, 2.05) is 13.8 Å². The highest BCUT2D eigenvalue weighted by atomic mass is 79.9. The Labute approximate surface area is 119 Å². The Bertz CT molecular complexity index is 680. The number of nitrogens with one attached hydrogen (secondary N) is 1. The summed E-state index contributed by atoms with van der Waals surface area (Å²) in [4.78, 5) is 18.9. The van der Waals surface area contributed by atoms with E-state index < -0.39 is 0 Å². The van der Waals surface area contributed by atoms with Crippen LogP contribution in [0, 0.1) is 12.7 Å². The van der Waals surface area contributed by atoms with Crippen LogP contribution < -0.4 is 5.56 Å². The van der Waals surface area contributed by atoms with Crippen LogP contribution >= 0.6 is 15.9 Å². The summed E-state index contributed by atoms with van der Waals surface area (Å²) in [5.41, 5.74) is 1.54. The average molecular weight is 325 g/mol. The molecule has 0 amide bonds. The molecule has 2 aromatic rings. The minimum atomic E-state index is -0.311. The Morgan fingerprint density at radius 1 is 1.37 bits per heavy atom. The van der Waals surface area contributed by atoms with Gasteiger partial charge >= 0.3 is 0 Å². The van der Waals surface area contributed by atoms with Crippen molar-refractivity contribution in [3.8, 4) is 11.4 Å². The molecule has 0 aliphatic carbocycles. The minimum Gasteiger partial charge on any atom is -0.306 e. The standard InChI is InChI=1S/C14H14BrFN2O/c1-7(2)12-11(15)14(19)18-13(17-12)9-5-4-8(3)10(16)6-9/h4-7H,1-3H3,(H,17,18,19). The van der Waals surface area contributed by atoms with Crippen molar-refractivity contribution < 1.29 is 4.39 Å². The number of benzene rings is 1. The Balaban J connectivity index is 2.63. The predicted octanol–water partition coefficient (Wildman–Crippen LogP) is 3.77. The molecule has 0 fully saturated rings. The zero-order valence-corrected chi connectivity index (χ0v) is 12.5. The van der Waals surface area contributed by atoms with Crippen LogP contribution in [0.15, 0.2) is 27.5 Å². The van der Waals surface area contributed by atoms with Gasteiger partial charge in [0.2, 0.25) is 0 Å². The molecule has 0 aliphatic heterocycles. The molecule has 0 aliphatic rings. The van der Waals surface area contributed by atoms with Crippen molar-refractivity contribution in [1.82, 2.24) is 9.97 Å². The molecular formula is C14H14BrFN2O. The van der Waals surface area contributed by atoms with Gasteiger partial charge in [0, 0.05) is 5.56 Å². The number of rotatable bonds is 2. The summed E-state index contributed by atoms with van der Waals surface area (Å²) in [6, 6.07) is 4.79. The second-order valence-corrected chi connectivity index (χ2v) is 5.53. The van der Waals surface area contributed by atoms with Gasteiger partial charge in [0.1, 0.15) is 16.1 Å². The highest BCUT2D eigenvalue weighted by molar-refractivity contribution is 9.10. The zero-order chi connectivity index (χ0) is 14.2. The molecule has 0 radical (unpaired) electrons. The highest BCUT2D eigenvalue weighted by Crippen LogP contribution is 2.23. The molecule has 19 heavy (non-hydrogen) atoms. The van der Waals surface area contributed by atoms with Gasteiger partial charge in [-0.15, -0.1) is 0 Å². The lowest BCUT2D eigenvalue weighted by atomic mass is 10.1. The lowest BCUT2D eigenvalue weighted by Gasteiger charge is -2.09. The number of hydrogen-bond donors (Lipinski definition) is 1. The van der Waals surface area contributed by atoms with Gasteiger partial charge in [-0.25, -0.2) is 9.37 Å². The maximum atomic E-state index is 13.6. The maximum Gasteiger partial charge on any atom is 0.265 e. The van der Waals surface area contributed by atoms with Crippen molar-refractivity contribution in [1.29, 1.82) is 0 Å². The third-order valence-electron chi connectivity index (χ3n) is 2.88. The van der Waals surface area contributed by atoms with E-state index in [4.69, 9.17) is 0 Å². The van der Waals surface area contributed by atoms with Crippen LogP contribution in [-0.4, -0.2) is 9.97 Å². The molecular weight excluding hydrogens is 311 g/mol. The summed E-state index contributed by atoms with van der Waals surface area (Å²) in [7, 11) is 0. The fourth-order valence-electron chi connectivity index (χ4n) is 1.74. The SMILES string of the molecule is Cc1ccc(-c2nc(C(C)C)c(Br)c(=O)[nH]2)cc1F. The molecule has 0 saturated carbocycles. The van der Waals surface area contributed by atoms with E-state index >= 15 is 0 Å². The first kappa shape index (κ1) is 13.9. The van der Waals surface area contributed by atoms with Crippen molar-refractivity contribution in [3.63, 3.8) is 0 Å². The normalized spacial score (nSPS) is 11.1. The first-order valence-electron chi connectivity index (χ1n) is 5.96. The second kappa shape index (κ2) is 5.25. The highest BCUT2D eigenvalue weighted by Gasteiger charge is 2.13. The smallest absolute Gasteiger partial charge is 0.265 e. The fourth-order valence-corrected chi connectivity index (χ4v) is 2.38. The summed E-state index contributed by atoms with van der Waals surface area (Å²) >= 11 is 3.23. The number of H-pyrrole nitrogens is 1. The third-order valence-corrected chi connectivity index (χ3v) is 3.65. The van der Waals surface area contributed by atoms with Crippen molar-refractivity contribution in [2.24, 2.45) is 0 Å². The van der Waals surface area contributed by atoms with E-state index in [9.17, 15) is 9.18 Å². The molecule has 0 saturated heterocycles. The van der Waals surface area contributed by atoms with E-state index in [1.165, 1.54) is 6.07 Å². The van der Waals surface area contributed by atoms with Gasteiger partial charge in [-0.2, -0.15) is 0 Å². The van der Waals surface area contributed by atoms with Gasteiger partial charge in [-0.3, -0.25) is 4.79 Å². The number of aromatic nitrogens is 2. The summed E-state index contributed by atoms with van der Waals surface area (Å²) in [5, 5.41) is 0. The van der Waals surface area contributed by atoms with E-state index in [0.29, 0.717) is 27.1 Å². The van der Waals surface area contributed by atoms with Gasteiger partial charge in [-0.05, 0) is 40.4 Å².